The van der Waals surface area contributed by atoms with E-state index < -0.39 is 16.8 Å². The number of fused-ring (bicyclic) bond motifs is 9. The van der Waals surface area contributed by atoms with E-state index in [4.69, 9.17) is 21.1 Å². The molecular formula is C31H27ClN4O8S2. The Balaban J connectivity index is 1.15. The van der Waals surface area contributed by atoms with Crippen LogP contribution in [-0.4, -0.2) is 70.7 Å². The number of anilines is 1. The molecule has 0 radical (unpaired) electrons. The number of carbonyl (C=O) groups excluding carboxylic acids is 3. The number of nitrogens with one attached hydrogen (secondary N) is 1. The number of aromatic amines is 1. The summed E-state index contributed by atoms with van der Waals surface area (Å²) in [5, 5.41) is 12.3. The molecule has 2 bridgehead atoms. The van der Waals surface area contributed by atoms with Gasteiger partial charge in [-0.3, -0.25) is 34.2 Å². The van der Waals surface area contributed by atoms with E-state index >= 15 is 0 Å². The molecule has 3 aromatic rings. The van der Waals surface area contributed by atoms with Crippen molar-refractivity contribution in [1.29, 1.82) is 0 Å². The van der Waals surface area contributed by atoms with E-state index in [0.717, 1.165) is 26.8 Å². The Labute approximate surface area is 275 Å². The molecule has 2 saturated heterocycles. The maximum absolute atomic E-state index is 14.0. The van der Waals surface area contributed by atoms with Crippen LogP contribution < -0.4 is 14.5 Å². The first kappa shape index (κ1) is 29.7. The third-order valence-electron chi connectivity index (χ3n) is 10.1. The molecule has 0 spiro atoms. The van der Waals surface area contributed by atoms with Gasteiger partial charge < -0.3 is 19.4 Å². The van der Waals surface area contributed by atoms with Crippen LogP contribution in [0.15, 0.2) is 52.3 Å². The zero-order valence-corrected chi connectivity index (χ0v) is 26.5. The molecular weight excluding hydrogens is 656 g/mol. The Morgan fingerprint density at radius 1 is 1.07 bits per heavy atom. The predicted octanol–water partition coefficient (Wildman–Crippen LogP) is 3.91. The number of carbonyl (C=O) groups is 3. The number of nitrogens with zero attached hydrogens (tertiary/aromatic N) is 3. The molecule has 3 aliphatic heterocycles. The number of hydrogen-bond donors (Lipinski definition) is 1. The summed E-state index contributed by atoms with van der Waals surface area (Å²) >= 11 is 9.24. The van der Waals surface area contributed by atoms with E-state index in [1.165, 1.54) is 29.2 Å². The largest absolute Gasteiger partial charge is 0.483 e. The lowest BCUT2D eigenvalue weighted by atomic mass is 9.68. The number of amides is 3. The highest BCUT2D eigenvalue weighted by molar-refractivity contribution is 8.00. The molecule has 8 rings (SSSR count). The molecule has 46 heavy (non-hydrogen) atoms. The lowest BCUT2D eigenvalue weighted by Crippen LogP contribution is -2.43. The molecule has 7 atom stereocenters. The lowest BCUT2D eigenvalue weighted by Gasteiger charge is -2.43. The summed E-state index contributed by atoms with van der Waals surface area (Å²) in [4.78, 5) is 70.8. The topological polar surface area (TPSA) is 152 Å². The number of ether oxygens (including phenoxy) is 2. The first-order valence-corrected chi connectivity index (χ1v) is 17.1. The van der Waals surface area contributed by atoms with Crippen molar-refractivity contribution in [2.45, 2.75) is 22.6 Å². The molecule has 2 saturated carbocycles. The summed E-state index contributed by atoms with van der Waals surface area (Å²) < 4.78 is 11.5. The maximum Gasteiger partial charge on any atom is 0.305 e. The van der Waals surface area contributed by atoms with Gasteiger partial charge in [-0.15, -0.1) is 11.8 Å². The number of rotatable bonds is 6. The van der Waals surface area contributed by atoms with Crippen LogP contribution in [-0.2, 0) is 19.1 Å². The molecule has 3 amide bonds. The summed E-state index contributed by atoms with van der Waals surface area (Å²) in [5.74, 6) is -2.08. The van der Waals surface area contributed by atoms with E-state index in [9.17, 15) is 29.3 Å². The normalized spacial score (nSPS) is 29.5. The van der Waals surface area contributed by atoms with E-state index in [1.807, 2.05) is 6.07 Å². The van der Waals surface area contributed by atoms with Crippen molar-refractivity contribution in [2.75, 3.05) is 37.8 Å². The van der Waals surface area contributed by atoms with Gasteiger partial charge in [0, 0.05) is 51.9 Å². The number of nitro benzene ring substituents is 1. The van der Waals surface area contributed by atoms with Crippen molar-refractivity contribution in [3.63, 3.8) is 0 Å². The smallest absolute Gasteiger partial charge is 0.305 e. The molecule has 2 aliphatic carbocycles. The number of morpholine rings is 1. The fraction of sp³-hybridized carbons (Fsp3) is 0.419. The Morgan fingerprint density at radius 3 is 2.50 bits per heavy atom. The van der Waals surface area contributed by atoms with Crippen LogP contribution >= 0.6 is 34.7 Å². The molecule has 4 heterocycles. The van der Waals surface area contributed by atoms with E-state index in [1.54, 1.807) is 28.8 Å². The highest BCUT2D eigenvalue weighted by atomic mass is 35.5. The van der Waals surface area contributed by atoms with Crippen LogP contribution in [0.1, 0.15) is 22.8 Å². The van der Waals surface area contributed by atoms with Gasteiger partial charge in [-0.25, -0.2) is 0 Å². The van der Waals surface area contributed by atoms with Gasteiger partial charge in [-0.05, 0) is 54.5 Å². The average Bonchev–Trinajstić information content (AvgIpc) is 3.79. The van der Waals surface area contributed by atoms with Gasteiger partial charge in [0.1, 0.15) is 5.75 Å². The van der Waals surface area contributed by atoms with Gasteiger partial charge in [-0.1, -0.05) is 22.9 Å². The summed E-state index contributed by atoms with van der Waals surface area (Å²) in [6, 6.07) is 10.7. The van der Waals surface area contributed by atoms with Crippen LogP contribution in [0.4, 0.5) is 11.4 Å². The Morgan fingerprint density at radius 2 is 1.78 bits per heavy atom. The van der Waals surface area contributed by atoms with Crippen LogP contribution in [0.3, 0.4) is 0 Å². The highest BCUT2D eigenvalue weighted by Crippen LogP contribution is 2.69. The minimum Gasteiger partial charge on any atom is -0.483 e. The minimum atomic E-state index is -0.555. The monoisotopic (exact) mass is 682 g/mol. The minimum absolute atomic E-state index is 0.0654. The van der Waals surface area contributed by atoms with Crippen LogP contribution in [0.2, 0.25) is 5.02 Å². The fourth-order valence-electron chi connectivity index (χ4n) is 8.28. The highest BCUT2D eigenvalue weighted by Gasteiger charge is 2.70. The molecule has 238 valence electrons. The Bertz CT molecular complexity index is 1840. The number of non-ortho nitro benzene ring substituents is 1. The number of nitro groups is 1. The van der Waals surface area contributed by atoms with E-state index in [2.05, 4.69) is 4.98 Å². The van der Waals surface area contributed by atoms with Gasteiger partial charge in [0.15, 0.2) is 6.61 Å². The third-order valence-corrected chi connectivity index (χ3v) is 12.9. The van der Waals surface area contributed by atoms with Crippen molar-refractivity contribution in [3.05, 3.63) is 77.7 Å². The van der Waals surface area contributed by atoms with Crippen LogP contribution in [0.5, 0.6) is 5.75 Å². The summed E-state index contributed by atoms with van der Waals surface area (Å²) in [5.41, 5.74) is 0.933. The second-order valence-electron chi connectivity index (χ2n) is 12.2. The second-order valence-corrected chi connectivity index (χ2v) is 14.8. The number of hydrogen-bond acceptors (Lipinski definition) is 10. The van der Waals surface area contributed by atoms with Crippen LogP contribution in [0.25, 0.3) is 0 Å². The fourth-order valence-corrected chi connectivity index (χ4v) is 11.3. The summed E-state index contributed by atoms with van der Waals surface area (Å²) in [6.07, 6.45) is 0.686. The van der Waals surface area contributed by atoms with Gasteiger partial charge in [0.05, 0.1) is 40.7 Å². The van der Waals surface area contributed by atoms with Gasteiger partial charge >= 0.3 is 4.87 Å². The summed E-state index contributed by atoms with van der Waals surface area (Å²) in [6.45, 7) is 1.77. The van der Waals surface area contributed by atoms with Crippen molar-refractivity contribution in [2.24, 2.45) is 29.6 Å². The van der Waals surface area contributed by atoms with Crippen molar-refractivity contribution in [3.8, 4) is 5.75 Å². The number of thiazole rings is 1. The number of halogens is 1. The first-order chi connectivity index (χ1) is 22.2. The number of thioether (sulfide) groups is 1. The van der Waals surface area contributed by atoms with E-state index in [-0.39, 0.29) is 63.8 Å². The van der Waals surface area contributed by atoms with Crippen molar-refractivity contribution >= 4 is 63.8 Å². The predicted molar refractivity (Wildman–Crippen MR) is 168 cm³/mol. The zero-order chi connectivity index (χ0) is 31.9. The van der Waals surface area contributed by atoms with E-state index in [0.29, 0.717) is 49.2 Å². The quantitative estimate of drug-likeness (QED) is 0.232. The van der Waals surface area contributed by atoms with Crippen molar-refractivity contribution < 1.29 is 28.8 Å². The summed E-state index contributed by atoms with van der Waals surface area (Å²) in [7, 11) is 0. The molecule has 4 fully saturated rings. The molecule has 2 aromatic carbocycles. The van der Waals surface area contributed by atoms with Crippen LogP contribution in [0, 0.1) is 39.7 Å². The molecule has 5 aliphatic rings. The number of benzene rings is 2. The molecule has 1 N–H and O–H groups in total. The SMILES string of the molecule is O=C(COc1ccc(Cl)cc1[C@H]1c2sc(=O)[nH]c2SC2C1[C@H]1C[C@@H]2C2C(=O)N(c3ccc([N+](=O)[O-])cc3)C(=O)C21)N1CCOCC1. The average molecular weight is 683 g/mol. The van der Waals surface area contributed by atoms with Gasteiger partial charge in [0.25, 0.3) is 11.6 Å². The first-order valence-electron chi connectivity index (χ1n) is 15.0. The Kier molecular flexibility index (Phi) is 7.23. The van der Waals surface area contributed by atoms with Crippen molar-refractivity contribution in [1.82, 2.24) is 9.88 Å². The maximum atomic E-state index is 14.0. The molecule has 1 aromatic heterocycles. The number of aromatic nitrogens is 1. The standard InChI is InChI=1S/C31H27ClN4O8S2/c32-14-1-6-20(44-13-21(37)34-7-9-43-10-8-34)17(11-14)22-23-18-12-19(26(23)45-28-27(22)46-31(40)33-28)25-24(18)29(38)35(30(25)39)15-2-4-16(5-3-15)36(41)42/h1-6,11,18-19,22-26H,7-10,12-13H2,(H,33,40)/t18-,19-,22-,23?,24?,25?,26?/m1/s1. The van der Waals surface area contributed by atoms with Gasteiger partial charge in [0.2, 0.25) is 11.8 Å². The molecule has 15 heteroatoms. The zero-order valence-electron chi connectivity index (χ0n) is 24.1. The third kappa shape index (κ3) is 4.60. The number of H-pyrrole nitrogens is 1. The second kappa shape index (κ2) is 11.2. The van der Waals surface area contributed by atoms with Gasteiger partial charge in [-0.2, -0.15) is 0 Å². The molecule has 12 nitrogen and oxygen atoms in total. The lowest BCUT2D eigenvalue weighted by molar-refractivity contribution is -0.384. The Hall–Kier alpha value is -3.72. The number of imide groups is 1. The molecule has 4 unspecified atom stereocenters.